The van der Waals surface area contributed by atoms with Crippen LogP contribution in [0.15, 0.2) is 22.7 Å². The molecule has 0 unspecified atom stereocenters. The Hall–Kier alpha value is -0.740. The molecular formula is C13H15BrFNO. The molecule has 2 nitrogen and oxygen atoms in total. The number of halogens is 2. The minimum absolute atomic E-state index is 0.131. The van der Waals surface area contributed by atoms with Crippen LogP contribution in [0.3, 0.4) is 0 Å². The number of nitrogens with one attached hydrogen (secondary N) is 1. The van der Waals surface area contributed by atoms with Crippen molar-refractivity contribution >= 4 is 21.7 Å². The van der Waals surface area contributed by atoms with E-state index >= 15 is 0 Å². The minimum Gasteiger partial charge on any atom is -0.317 e. The lowest BCUT2D eigenvalue weighted by molar-refractivity contribution is -0.122. The van der Waals surface area contributed by atoms with E-state index in [1.165, 1.54) is 6.07 Å². The van der Waals surface area contributed by atoms with Crippen molar-refractivity contribution in [2.45, 2.75) is 19.3 Å². The number of hydrogen-bond donors (Lipinski definition) is 1. The van der Waals surface area contributed by atoms with Gasteiger partial charge in [-0.25, -0.2) is 4.39 Å². The van der Waals surface area contributed by atoms with Crippen LogP contribution in [0.5, 0.6) is 0 Å². The Balaban J connectivity index is 2.04. The fourth-order valence-electron chi connectivity index (χ4n) is 2.16. The second-order valence-corrected chi connectivity index (χ2v) is 5.17. The highest BCUT2D eigenvalue weighted by Gasteiger charge is 2.21. The third kappa shape index (κ3) is 3.13. The first kappa shape index (κ1) is 12.7. The monoisotopic (exact) mass is 299 g/mol. The van der Waals surface area contributed by atoms with Gasteiger partial charge in [-0.2, -0.15) is 0 Å². The van der Waals surface area contributed by atoms with Crippen LogP contribution in [0.1, 0.15) is 18.4 Å². The van der Waals surface area contributed by atoms with E-state index in [1.807, 2.05) is 0 Å². The predicted molar refractivity (Wildman–Crippen MR) is 68.4 cm³/mol. The number of rotatable bonds is 3. The largest absolute Gasteiger partial charge is 0.317 e. The quantitative estimate of drug-likeness (QED) is 0.930. The van der Waals surface area contributed by atoms with Crippen molar-refractivity contribution in [3.05, 3.63) is 34.1 Å². The molecule has 0 aliphatic carbocycles. The zero-order valence-corrected chi connectivity index (χ0v) is 11.1. The van der Waals surface area contributed by atoms with Gasteiger partial charge in [-0.15, -0.1) is 0 Å². The van der Waals surface area contributed by atoms with Crippen LogP contribution < -0.4 is 5.32 Å². The Labute approximate surface area is 109 Å². The van der Waals surface area contributed by atoms with Gasteiger partial charge >= 0.3 is 0 Å². The molecule has 1 aliphatic rings. The Kier molecular flexibility index (Phi) is 4.29. The number of piperidine rings is 1. The summed E-state index contributed by atoms with van der Waals surface area (Å²) >= 11 is 3.19. The predicted octanol–water partition coefficient (Wildman–Crippen LogP) is 2.70. The molecule has 2 rings (SSSR count). The van der Waals surface area contributed by atoms with E-state index in [9.17, 15) is 9.18 Å². The highest BCUT2D eigenvalue weighted by atomic mass is 79.9. The molecule has 92 valence electrons. The lowest BCUT2D eigenvalue weighted by Crippen LogP contribution is -2.32. The van der Waals surface area contributed by atoms with E-state index in [0.29, 0.717) is 10.9 Å². The standard InChI is InChI=1S/C13H15BrFNO/c14-13-10(2-1-3-11(13)15)8-12(17)9-4-6-16-7-5-9/h1-3,9,16H,4-8H2. The van der Waals surface area contributed by atoms with Crippen molar-refractivity contribution in [1.82, 2.24) is 5.32 Å². The van der Waals surface area contributed by atoms with Crippen LogP contribution in [0.25, 0.3) is 0 Å². The van der Waals surface area contributed by atoms with E-state index < -0.39 is 0 Å². The molecule has 0 spiro atoms. The van der Waals surface area contributed by atoms with Crippen molar-refractivity contribution in [1.29, 1.82) is 0 Å². The van der Waals surface area contributed by atoms with Gasteiger partial charge in [0.25, 0.3) is 0 Å². The summed E-state index contributed by atoms with van der Waals surface area (Å²) in [6, 6.07) is 4.83. The molecule has 0 aromatic heterocycles. The van der Waals surface area contributed by atoms with Gasteiger partial charge in [0.15, 0.2) is 0 Å². The molecule has 1 aromatic rings. The van der Waals surface area contributed by atoms with Gasteiger partial charge in [0.2, 0.25) is 0 Å². The molecule has 17 heavy (non-hydrogen) atoms. The van der Waals surface area contributed by atoms with E-state index in [4.69, 9.17) is 0 Å². The molecule has 0 amide bonds. The maximum absolute atomic E-state index is 13.3. The third-order valence-electron chi connectivity index (χ3n) is 3.19. The van der Waals surface area contributed by atoms with Gasteiger partial charge in [0.05, 0.1) is 4.47 Å². The van der Waals surface area contributed by atoms with Crippen molar-refractivity contribution in [2.75, 3.05) is 13.1 Å². The average Bonchev–Trinajstić information content (AvgIpc) is 2.36. The normalized spacial score (nSPS) is 17.1. The van der Waals surface area contributed by atoms with Crippen molar-refractivity contribution in [3.63, 3.8) is 0 Å². The number of carbonyl (C=O) groups excluding carboxylic acids is 1. The topological polar surface area (TPSA) is 29.1 Å². The number of benzene rings is 1. The third-order valence-corrected chi connectivity index (χ3v) is 4.08. The molecule has 1 saturated heterocycles. The van der Waals surface area contributed by atoms with Crippen molar-refractivity contribution < 1.29 is 9.18 Å². The molecule has 0 bridgehead atoms. The molecule has 1 aliphatic heterocycles. The van der Waals surface area contributed by atoms with E-state index in [-0.39, 0.29) is 17.5 Å². The Morgan fingerprint density at radius 3 is 2.82 bits per heavy atom. The first-order valence-corrected chi connectivity index (χ1v) is 6.64. The van der Waals surface area contributed by atoms with Crippen LogP contribution in [0.2, 0.25) is 0 Å². The SMILES string of the molecule is O=C(Cc1cccc(F)c1Br)C1CCNCC1. The summed E-state index contributed by atoms with van der Waals surface area (Å²) in [7, 11) is 0. The van der Waals surface area contributed by atoms with Gasteiger partial charge in [-0.05, 0) is 53.5 Å². The first-order valence-electron chi connectivity index (χ1n) is 5.85. The molecule has 4 heteroatoms. The van der Waals surface area contributed by atoms with Gasteiger partial charge in [-0.1, -0.05) is 12.1 Å². The number of carbonyl (C=O) groups is 1. The Morgan fingerprint density at radius 1 is 1.41 bits per heavy atom. The van der Waals surface area contributed by atoms with Crippen LogP contribution in [-0.2, 0) is 11.2 Å². The fourth-order valence-corrected chi connectivity index (χ4v) is 2.57. The Bertz CT molecular complexity index is 416. The minimum atomic E-state index is -0.305. The molecule has 1 fully saturated rings. The van der Waals surface area contributed by atoms with Gasteiger partial charge < -0.3 is 5.32 Å². The molecule has 1 heterocycles. The van der Waals surface area contributed by atoms with Gasteiger partial charge in [-0.3, -0.25) is 4.79 Å². The summed E-state index contributed by atoms with van der Waals surface area (Å²) in [5.74, 6) is 0.0461. The smallest absolute Gasteiger partial charge is 0.140 e. The first-order chi connectivity index (χ1) is 8.18. The maximum Gasteiger partial charge on any atom is 0.140 e. The highest BCUT2D eigenvalue weighted by molar-refractivity contribution is 9.10. The molecule has 0 saturated carbocycles. The lowest BCUT2D eigenvalue weighted by atomic mass is 9.90. The zero-order valence-electron chi connectivity index (χ0n) is 9.51. The number of Topliss-reactive ketones (excluding diaryl/α,β-unsaturated/α-hetero) is 1. The molecule has 0 radical (unpaired) electrons. The van der Waals surface area contributed by atoms with E-state index in [2.05, 4.69) is 21.2 Å². The van der Waals surface area contributed by atoms with Crippen molar-refractivity contribution in [3.8, 4) is 0 Å². The molecule has 1 N–H and O–H groups in total. The summed E-state index contributed by atoms with van der Waals surface area (Å²) in [5.41, 5.74) is 0.744. The summed E-state index contributed by atoms with van der Waals surface area (Å²) in [5, 5.41) is 3.23. The molecule has 0 atom stereocenters. The van der Waals surface area contributed by atoms with E-state index in [1.54, 1.807) is 12.1 Å². The number of ketones is 1. The van der Waals surface area contributed by atoms with Gasteiger partial charge in [0.1, 0.15) is 11.6 Å². The van der Waals surface area contributed by atoms with Crippen LogP contribution >= 0.6 is 15.9 Å². The second-order valence-electron chi connectivity index (χ2n) is 4.38. The highest BCUT2D eigenvalue weighted by Crippen LogP contribution is 2.23. The van der Waals surface area contributed by atoms with Crippen LogP contribution in [0.4, 0.5) is 4.39 Å². The molecular weight excluding hydrogens is 285 g/mol. The molecule has 1 aromatic carbocycles. The zero-order chi connectivity index (χ0) is 12.3. The summed E-state index contributed by atoms with van der Waals surface area (Å²) in [4.78, 5) is 12.1. The average molecular weight is 300 g/mol. The maximum atomic E-state index is 13.3. The summed E-state index contributed by atoms with van der Waals surface area (Å²) in [6.07, 6.45) is 2.11. The summed E-state index contributed by atoms with van der Waals surface area (Å²) < 4.78 is 13.7. The Morgan fingerprint density at radius 2 is 2.12 bits per heavy atom. The number of hydrogen-bond acceptors (Lipinski definition) is 2. The lowest BCUT2D eigenvalue weighted by Gasteiger charge is -2.21. The second kappa shape index (κ2) is 5.74. The summed E-state index contributed by atoms with van der Waals surface area (Å²) in [6.45, 7) is 1.81. The van der Waals surface area contributed by atoms with E-state index in [0.717, 1.165) is 31.5 Å². The van der Waals surface area contributed by atoms with Gasteiger partial charge in [0, 0.05) is 12.3 Å². The van der Waals surface area contributed by atoms with Crippen molar-refractivity contribution in [2.24, 2.45) is 5.92 Å². The van der Waals surface area contributed by atoms with Crippen LogP contribution in [0, 0.1) is 11.7 Å². The fraction of sp³-hybridized carbons (Fsp3) is 0.462. The van der Waals surface area contributed by atoms with Crippen LogP contribution in [-0.4, -0.2) is 18.9 Å².